The van der Waals surface area contributed by atoms with Gasteiger partial charge in [0.15, 0.2) is 0 Å². The highest BCUT2D eigenvalue weighted by molar-refractivity contribution is 6.40. The zero-order valence-electron chi connectivity index (χ0n) is 15.1. The molecule has 1 saturated heterocycles. The third-order valence-corrected chi connectivity index (χ3v) is 4.93. The van der Waals surface area contributed by atoms with Gasteiger partial charge in [0.1, 0.15) is 5.82 Å². The molecule has 2 N–H and O–H groups in total. The van der Waals surface area contributed by atoms with Crippen LogP contribution in [0.15, 0.2) is 36.8 Å². The van der Waals surface area contributed by atoms with Gasteiger partial charge < -0.3 is 15.5 Å². The van der Waals surface area contributed by atoms with Crippen LogP contribution in [0.5, 0.6) is 0 Å². The molecule has 0 spiro atoms. The number of carbonyl (C=O) groups is 2. The van der Waals surface area contributed by atoms with Crippen LogP contribution >= 0.6 is 11.6 Å². The second-order valence-corrected chi connectivity index (χ2v) is 7.05. The summed E-state index contributed by atoms with van der Waals surface area (Å²) in [6, 6.07) is 5.16. The molecule has 1 aromatic heterocycles. The van der Waals surface area contributed by atoms with Crippen LogP contribution in [0.25, 0.3) is 0 Å². The Bertz CT molecular complexity index is 807. The Balaban J connectivity index is 1.44. The lowest BCUT2D eigenvalue weighted by Gasteiger charge is -2.32. The monoisotopic (exact) mass is 387 g/mol. The third kappa shape index (κ3) is 5.17. The molecule has 2 heterocycles. The Labute approximate surface area is 163 Å². The Kier molecular flexibility index (Phi) is 6.24. The molecule has 0 aliphatic carbocycles. The van der Waals surface area contributed by atoms with Crippen LogP contribution in [0.3, 0.4) is 0 Å². The zero-order valence-corrected chi connectivity index (χ0v) is 15.9. The van der Waals surface area contributed by atoms with Crippen LogP contribution in [0.2, 0.25) is 5.02 Å². The smallest absolute Gasteiger partial charge is 0.313 e. The molecule has 0 atom stereocenters. The molecular weight excluding hydrogens is 366 g/mol. The molecule has 0 saturated carbocycles. The molecule has 0 bridgehead atoms. The second-order valence-electron chi connectivity index (χ2n) is 6.62. The number of benzene rings is 1. The number of rotatable bonds is 4. The van der Waals surface area contributed by atoms with Crippen LogP contribution < -0.4 is 15.5 Å². The lowest BCUT2D eigenvalue weighted by molar-refractivity contribution is -0.136. The number of aryl methyl sites for hydroxylation is 1. The molecule has 1 aliphatic heterocycles. The lowest BCUT2D eigenvalue weighted by Crippen LogP contribution is -2.42. The average Bonchev–Trinajstić information content (AvgIpc) is 2.70. The fraction of sp³-hybridized carbons (Fsp3) is 0.368. The summed E-state index contributed by atoms with van der Waals surface area (Å²) in [5.41, 5.74) is 1.39. The number of hydrogen-bond acceptors (Lipinski definition) is 5. The zero-order chi connectivity index (χ0) is 19.2. The SMILES string of the molecule is Cc1ccc(Cl)cc1NC(=O)C(=O)NCC1CCN(c2cnccn2)CC1. The fourth-order valence-corrected chi connectivity index (χ4v) is 3.22. The number of amides is 2. The third-order valence-electron chi connectivity index (χ3n) is 4.69. The molecule has 2 amide bonds. The van der Waals surface area contributed by atoms with E-state index in [4.69, 9.17) is 11.6 Å². The first-order valence-electron chi connectivity index (χ1n) is 8.89. The minimum Gasteiger partial charge on any atom is -0.355 e. The van der Waals surface area contributed by atoms with Crippen molar-refractivity contribution in [3.63, 3.8) is 0 Å². The van der Waals surface area contributed by atoms with Crippen LogP contribution in [0.4, 0.5) is 11.5 Å². The van der Waals surface area contributed by atoms with E-state index < -0.39 is 11.8 Å². The van der Waals surface area contributed by atoms with Gasteiger partial charge in [-0.05, 0) is 43.4 Å². The first kappa shape index (κ1) is 19.1. The van der Waals surface area contributed by atoms with E-state index in [9.17, 15) is 9.59 Å². The average molecular weight is 388 g/mol. The normalized spacial score (nSPS) is 14.7. The van der Waals surface area contributed by atoms with Gasteiger partial charge in [-0.25, -0.2) is 4.98 Å². The molecular formula is C19H22ClN5O2. The number of nitrogens with one attached hydrogen (secondary N) is 2. The van der Waals surface area contributed by atoms with Gasteiger partial charge in [-0.15, -0.1) is 0 Å². The van der Waals surface area contributed by atoms with Crippen LogP contribution in [-0.2, 0) is 9.59 Å². The molecule has 1 aliphatic rings. The molecule has 1 aromatic carbocycles. The van der Waals surface area contributed by atoms with Crippen molar-refractivity contribution >= 4 is 34.9 Å². The first-order valence-corrected chi connectivity index (χ1v) is 9.27. The maximum absolute atomic E-state index is 12.1. The van der Waals surface area contributed by atoms with Crippen molar-refractivity contribution in [2.75, 3.05) is 29.9 Å². The Morgan fingerprint density at radius 1 is 1.22 bits per heavy atom. The lowest BCUT2D eigenvalue weighted by atomic mass is 9.97. The maximum Gasteiger partial charge on any atom is 0.313 e. The van der Waals surface area contributed by atoms with Crippen molar-refractivity contribution in [3.8, 4) is 0 Å². The first-order chi connectivity index (χ1) is 13.0. The van der Waals surface area contributed by atoms with Crippen molar-refractivity contribution in [1.29, 1.82) is 0 Å². The van der Waals surface area contributed by atoms with E-state index in [-0.39, 0.29) is 0 Å². The Hall–Kier alpha value is -2.67. The van der Waals surface area contributed by atoms with Gasteiger partial charge in [-0.3, -0.25) is 14.6 Å². The topological polar surface area (TPSA) is 87.2 Å². The molecule has 7 nitrogen and oxygen atoms in total. The number of anilines is 2. The van der Waals surface area contributed by atoms with Gasteiger partial charge >= 0.3 is 11.8 Å². The van der Waals surface area contributed by atoms with E-state index in [1.54, 1.807) is 36.8 Å². The van der Waals surface area contributed by atoms with Gasteiger partial charge in [0, 0.05) is 42.7 Å². The predicted octanol–water partition coefficient (Wildman–Crippen LogP) is 2.41. The minimum atomic E-state index is -0.683. The van der Waals surface area contributed by atoms with Crippen molar-refractivity contribution in [3.05, 3.63) is 47.4 Å². The second kappa shape index (κ2) is 8.81. The molecule has 1 fully saturated rings. The van der Waals surface area contributed by atoms with Crippen LogP contribution in [0, 0.1) is 12.8 Å². The van der Waals surface area contributed by atoms with Crippen LogP contribution in [0.1, 0.15) is 18.4 Å². The van der Waals surface area contributed by atoms with E-state index >= 15 is 0 Å². The molecule has 0 unspecified atom stereocenters. The molecule has 142 valence electrons. The fourth-order valence-electron chi connectivity index (χ4n) is 3.05. The molecule has 2 aromatic rings. The Morgan fingerprint density at radius 2 is 2.00 bits per heavy atom. The van der Waals surface area contributed by atoms with Crippen molar-refractivity contribution in [1.82, 2.24) is 15.3 Å². The number of halogens is 1. The van der Waals surface area contributed by atoms with E-state index in [2.05, 4.69) is 25.5 Å². The summed E-state index contributed by atoms with van der Waals surface area (Å²) in [5.74, 6) is -0.109. The Morgan fingerprint density at radius 3 is 2.70 bits per heavy atom. The van der Waals surface area contributed by atoms with Gasteiger partial charge in [0.2, 0.25) is 0 Å². The summed E-state index contributed by atoms with van der Waals surface area (Å²) in [4.78, 5) is 34.8. The van der Waals surface area contributed by atoms with Gasteiger partial charge in [-0.2, -0.15) is 0 Å². The molecule has 3 rings (SSSR count). The van der Waals surface area contributed by atoms with Crippen LogP contribution in [-0.4, -0.2) is 41.4 Å². The number of piperidine rings is 1. The summed E-state index contributed by atoms with van der Waals surface area (Å²) in [7, 11) is 0. The van der Waals surface area contributed by atoms with Crippen molar-refractivity contribution in [2.45, 2.75) is 19.8 Å². The predicted molar refractivity (Wildman–Crippen MR) is 105 cm³/mol. The summed E-state index contributed by atoms with van der Waals surface area (Å²) in [6.07, 6.45) is 6.94. The summed E-state index contributed by atoms with van der Waals surface area (Å²) in [6.45, 7) is 4.03. The van der Waals surface area contributed by atoms with Gasteiger partial charge in [0.25, 0.3) is 0 Å². The van der Waals surface area contributed by atoms with E-state index in [1.165, 1.54) is 0 Å². The minimum absolute atomic E-state index is 0.336. The molecule has 27 heavy (non-hydrogen) atoms. The number of carbonyl (C=O) groups excluding carboxylic acids is 2. The standard InChI is InChI=1S/C19H22ClN5O2/c1-13-2-3-15(20)10-16(13)24-19(27)18(26)23-11-14-4-8-25(9-5-14)17-12-21-6-7-22-17/h2-3,6-7,10,12,14H,4-5,8-9,11H2,1H3,(H,23,26)(H,24,27). The van der Waals surface area contributed by atoms with Crippen molar-refractivity contribution < 1.29 is 9.59 Å². The van der Waals surface area contributed by atoms with E-state index in [1.807, 2.05) is 6.92 Å². The summed E-state index contributed by atoms with van der Waals surface area (Å²) in [5, 5.41) is 5.84. The molecule has 8 heteroatoms. The largest absolute Gasteiger partial charge is 0.355 e. The quantitative estimate of drug-likeness (QED) is 0.786. The maximum atomic E-state index is 12.1. The highest BCUT2D eigenvalue weighted by atomic mass is 35.5. The number of nitrogens with zero attached hydrogens (tertiary/aromatic N) is 3. The highest BCUT2D eigenvalue weighted by Gasteiger charge is 2.22. The van der Waals surface area contributed by atoms with Crippen molar-refractivity contribution in [2.24, 2.45) is 5.92 Å². The highest BCUT2D eigenvalue weighted by Crippen LogP contribution is 2.21. The van der Waals surface area contributed by atoms with Gasteiger partial charge in [-0.1, -0.05) is 17.7 Å². The summed E-state index contributed by atoms with van der Waals surface area (Å²) < 4.78 is 0. The summed E-state index contributed by atoms with van der Waals surface area (Å²) >= 11 is 5.93. The van der Waals surface area contributed by atoms with E-state index in [0.717, 1.165) is 37.3 Å². The molecule has 0 radical (unpaired) electrons. The van der Waals surface area contributed by atoms with E-state index in [0.29, 0.717) is 23.2 Å². The number of hydrogen-bond donors (Lipinski definition) is 2. The number of aromatic nitrogens is 2. The van der Waals surface area contributed by atoms with Gasteiger partial charge in [0.05, 0.1) is 6.20 Å².